The number of hydrogen-bond acceptors (Lipinski definition) is 5. The number of hydrogen-bond donors (Lipinski definition) is 2. The highest BCUT2D eigenvalue weighted by atomic mass is 16.6. The minimum Gasteiger partial charge on any atom is -0.496 e. The molecule has 0 radical (unpaired) electrons. The predicted octanol–water partition coefficient (Wildman–Crippen LogP) is 2.53. The predicted molar refractivity (Wildman–Crippen MR) is 88.8 cm³/mol. The summed E-state index contributed by atoms with van der Waals surface area (Å²) in [5.74, 6) is 0.0190. The van der Waals surface area contributed by atoms with Crippen LogP contribution in [0.15, 0.2) is 12.1 Å². The van der Waals surface area contributed by atoms with Crippen molar-refractivity contribution in [2.75, 3.05) is 14.2 Å². The van der Waals surface area contributed by atoms with E-state index in [0.29, 0.717) is 17.1 Å². The quantitative estimate of drug-likeness (QED) is 0.827. The van der Waals surface area contributed by atoms with Gasteiger partial charge in [-0.2, -0.15) is 0 Å². The van der Waals surface area contributed by atoms with Crippen molar-refractivity contribution in [3.05, 3.63) is 23.3 Å². The zero-order valence-electron chi connectivity index (χ0n) is 14.9. The van der Waals surface area contributed by atoms with Gasteiger partial charge in [-0.25, -0.2) is 9.59 Å². The summed E-state index contributed by atoms with van der Waals surface area (Å²) >= 11 is 0. The van der Waals surface area contributed by atoms with Gasteiger partial charge in [0.25, 0.3) is 0 Å². The summed E-state index contributed by atoms with van der Waals surface area (Å²) in [5.41, 5.74) is 0.708. The van der Waals surface area contributed by atoms with Crippen molar-refractivity contribution in [3.8, 4) is 11.5 Å². The monoisotopic (exact) mass is 339 g/mol. The van der Waals surface area contributed by atoms with Crippen molar-refractivity contribution in [1.29, 1.82) is 0 Å². The molecule has 1 rings (SSSR count). The van der Waals surface area contributed by atoms with Gasteiger partial charge in [0.2, 0.25) is 0 Å². The van der Waals surface area contributed by atoms with E-state index in [4.69, 9.17) is 14.2 Å². The topological polar surface area (TPSA) is 94.1 Å². The maximum Gasteiger partial charge on any atom is 0.408 e. The molecule has 1 unspecified atom stereocenters. The van der Waals surface area contributed by atoms with Crippen molar-refractivity contribution in [2.45, 2.75) is 45.8 Å². The fraction of sp³-hybridized carbons (Fsp3) is 0.529. The molecule has 7 heteroatoms. The fourth-order valence-corrected chi connectivity index (χ4v) is 2.27. The maximum atomic E-state index is 11.8. The van der Waals surface area contributed by atoms with Crippen molar-refractivity contribution in [2.24, 2.45) is 0 Å². The Labute approximate surface area is 141 Å². The molecular weight excluding hydrogens is 314 g/mol. The number of nitrogens with one attached hydrogen (secondary N) is 1. The number of benzene rings is 1. The van der Waals surface area contributed by atoms with Gasteiger partial charge < -0.3 is 24.6 Å². The Hall–Kier alpha value is -2.44. The number of alkyl carbamates (subject to hydrolysis) is 1. The SMILES string of the molecule is COc1ccc(CC(NC(=O)OC(C)(C)C)C(=O)O)c(OC)c1C. The lowest BCUT2D eigenvalue weighted by molar-refractivity contribution is -0.139. The van der Waals surface area contributed by atoms with Crippen LogP contribution < -0.4 is 14.8 Å². The van der Waals surface area contributed by atoms with Gasteiger partial charge in [0, 0.05) is 12.0 Å². The molecule has 0 aliphatic carbocycles. The van der Waals surface area contributed by atoms with Gasteiger partial charge in [0.05, 0.1) is 14.2 Å². The van der Waals surface area contributed by atoms with Gasteiger partial charge >= 0.3 is 12.1 Å². The summed E-state index contributed by atoms with van der Waals surface area (Å²) in [6.07, 6.45) is -0.720. The molecule has 0 aliphatic heterocycles. The Balaban J connectivity index is 2.99. The summed E-state index contributed by atoms with van der Waals surface area (Å²) in [7, 11) is 3.05. The second-order valence-corrected chi connectivity index (χ2v) is 6.33. The van der Waals surface area contributed by atoms with E-state index in [1.165, 1.54) is 7.11 Å². The summed E-state index contributed by atoms with van der Waals surface area (Å²) in [6, 6.07) is 2.32. The average molecular weight is 339 g/mol. The van der Waals surface area contributed by atoms with Crippen LogP contribution in [0.3, 0.4) is 0 Å². The maximum absolute atomic E-state index is 11.8. The highest BCUT2D eigenvalue weighted by Gasteiger charge is 2.26. The number of rotatable bonds is 6. The van der Waals surface area contributed by atoms with E-state index >= 15 is 0 Å². The third kappa shape index (κ3) is 5.33. The third-order valence-electron chi connectivity index (χ3n) is 3.27. The Morgan fingerprint density at radius 1 is 1.21 bits per heavy atom. The van der Waals surface area contributed by atoms with E-state index in [9.17, 15) is 14.7 Å². The molecule has 0 aliphatic rings. The van der Waals surface area contributed by atoms with Gasteiger partial charge in [0.1, 0.15) is 23.1 Å². The first-order valence-corrected chi connectivity index (χ1v) is 7.51. The minimum atomic E-state index is -1.16. The minimum absolute atomic E-state index is 0.0581. The lowest BCUT2D eigenvalue weighted by Crippen LogP contribution is -2.44. The molecule has 1 amide bonds. The van der Waals surface area contributed by atoms with Crippen LogP contribution in [0.2, 0.25) is 0 Å². The highest BCUT2D eigenvalue weighted by Crippen LogP contribution is 2.32. The zero-order valence-corrected chi connectivity index (χ0v) is 14.9. The van der Waals surface area contributed by atoms with Crippen molar-refractivity contribution in [1.82, 2.24) is 5.32 Å². The standard InChI is InChI=1S/C17H25NO6/c1-10-13(22-5)8-7-11(14(10)23-6)9-12(15(19)20)18-16(21)24-17(2,3)4/h7-8,12H,9H2,1-6H3,(H,18,21)(H,19,20). The molecule has 1 aromatic carbocycles. The summed E-state index contributed by atoms with van der Waals surface area (Å²) in [5, 5.41) is 11.8. The number of ether oxygens (including phenoxy) is 3. The summed E-state index contributed by atoms with van der Waals surface area (Å²) < 4.78 is 15.7. The smallest absolute Gasteiger partial charge is 0.408 e. The lowest BCUT2D eigenvalue weighted by atomic mass is 10.0. The molecule has 0 heterocycles. The van der Waals surface area contributed by atoms with Crippen LogP contribution in [0, 0.1) is 6.92 Å². The number of carbonyl (C=O) groups excluding carboxylic acids is 1. The number of amides is 1. The van der Waals surface area contributed by atoms with Crippen LogP contribution >= 0.6 is 0 Å². The van der Waals surface area contributed by atoms with E-state index in [0.717, 1.165) is 5.56 Å². The molecule has 0 aromatic heterocycles. The number of carboxylic acid groups (broad SMARTS) is 1. The largest absolute Gasteiger partial charge is 0.496 e. The molecule has 2 N–H and O–H groups in total. The van der Waals surface area contributed by atoms with Crippen LogP contribution in [0.1, 0.15) is 31.9 Å². The van der Waals surface area contributed by atoms with E-state index in [2.05, 4.69) is 5.32 Å². The lowest BCUT2D eigenvalue weighted by Gasteiger charge is -2.22. The van der Waals surface area contributed by atoms with Gasteiger partial charge in [-0.3, -0.25) is 0 Å². The second-order valence-electron chi connectivity index (χ2n) is 6.33. The molecule has 0 bridgehead atoms. The first-order chi connectivity index (χ1) is 11.1. The van der Waals surface area contributed by atoms with E-state index in [1.54, 1.807) is 40.0 Å². The number of carboxylic acids is 1. The Morgan fingerprint density at radius 2 is 1.83 bits per heavy atom. The van der Waals surface area contributed by atoms with Crippen LogP contribution in [0.5, 0.6) is 11.5 Å². The van der Waals surface area contributed by atoms with Gasteiger partial charge in [-0.15, -0.1) is 0 Å². The first-order valence-electron chi connectivity index (χ1n) is 7.51. The van der Waals surface area contributed by atoms with Gasteiger partial charge in [0.15, 0.2) is 0 Å². The normalized spacial score (nSPS) is 12.2. The van der Waals surface area contributed by atoms with Crippen molar-refractivity contribution in [3.63, 3.8) is 0 Å². The van der Waals surface area contributed by atoms with Crippen molar-refractivity contribution < 1.29 is 28.9 Å². The van der Waals surface area contributed by atoms with Crippen LogP contribution in [-0.2, 0) is 16.0 Å². The second kappa shape index (κ2) is 7.90. The van der Waals surface area contributed by atoms with E-state index in [1.807, 2.05) is 6.92 Å². The molecule has 24 heavy (non-hydrogen) atoms. The van der Waals surface area contributed by atoms with Gasteiger partial charge in [-0.1, -0.05) is 6.07 Å². The number of methoxy groups -OCH3 is 2. The van der Waals surface area contributed by atoms with E-state index < -0.39 is 23.7 Å². The Morgan fingerprint density at radius 3 is 2.29 bits per heavy atom. The van der Waals surface area contributed by atoms with Gasteiger partial charge in [-0.05, 0) is 39.3 Å². The highest BCUT2D eigenvalue weighted by molar-refractivity contribution is 5.80. The Bertz CT molecular complexity index is 606. The summed E-state index contributed by atoms with van der Waals surface area (Å²) in [4.78, 5) is 23.3. The number of aliphatic carboxylic acids is 1. The molecular formula is C17H25NO6. The molecule has 0 fully saturated rings. The first kappa shape index (κ1) is 19.6. The molecule has 0 saturated heterocycles. The molecule has 7 nitrogen and oxygen atoms in total. The van der Waals surface area contributed by atoms with Crippen LogP contribution in [0.25, 0.3) is 0 Å². The number of carbonyl (C=O) groups is 2. The fourth-order valence-electron chi connectivity index (χ4n) is 2.27. The third-order valence-corrected chi connectivity index (χ3v) is 3.27. The van der Waals surface area contributed by atoms with Crippen LogP contribution in [0.4, 0.5) is 4.79 Å². The molecule has 0 saturated carbocycles. The van der Waals surface area contributed by atoms with E-state index in [-0.39, 0.29) is 6.42 Å². The molecule has 1 atom stereocenters. The zero-order chi connectivity index (χ0) is 18.5. The van der Waals surface area contributed by atoms with Crippen molar-refractivity contribution >= 4 is 12.1 Å². The Kier molecular flexibility index (Phi) is 6.45. The molecule has 0 spiro atoms. The molecule has 1 aromatic rings. The summed E-state index contributed by atoms with van der Waals surface area (Å²) in [6.45, 7) is 6.94. The average Bonchev–Trinajstić information content (AvgIpc) is 2.44. The van der Waals surface area contributed by atoms with Crippen LogP contribution in [-0.4, -0.2) is 43.0 Å². The molecule has 134 valence electrons.